The third kappa shape index (κ3) is 1.94. The summed E-state index contributed by atoms with van der Waals surface area (Å²) >= 11 is 0. The van der Waals surface area contributed by atoms with E-state index in [2.05, 4.69) is 15.2 Å². The third-order valence-electron chi connectivity index (χ3n) is 5.39. The van der Waals surface area contributed by atoms with Crippen LogP contribution >= 0.6 is 0 Å². The predicted molar refractivity (Wildman–Crippen MR) is 89.7 cm³/mol. The van der Waals surface area contributed by atoms with Gasteiger partial charge in [0.2, 0.25) is 5.82 Å². The van der Waals surface area contributed by atoms with Gasteiger partial charge in [-0.3, -0.25) is 15.0 Å². The van der Waals surface area contributed by atoms with Gasteiger partial charge in [0, 0.05) is 12.4 Å². The maximum absolute atomic E-state index is 11.9. The van der Waals surface area contributed by atoms with Crippen LogP contribution in [0.1, 0.15) is 31.2 Å². The van der Waals surface area contributed by atoms with Gasteiger partial charge in [0.1, 0.15) is 0 Å². The largest absolute Gasteiger partial charge is 0.367 e. The second kappa shape index (κ2) is 5.16. The highest BCUT2D eigenvalue weighted by molar-refractivity contribution is 5.90. The second-order valence-corrected chi connectivity index (χ2v) is 6.43. The number of anilines is 1. The number of nitro groups is 1. The fourth-order valence-corrected chi connectivity index (χ4v) is 4.54. The molecule has 6 heteroatoms. The van der Waals surface area contributed by atoms with Crippen LogP contribution < -0.4 is 5.32 Å². The fourth-order valence-electron chi connectivity index (χ4n) is 4.54. The van der Waals surface area contributed by atoms with E-state index in [0.29, 0.717) is 5.82 Å². The Hall–Kier alpha value is -2.21. The molecule has 3 heterocycles. The molecule has 0 atom stereocenters. The third-order valence-corrected chi connectivity index (χ3v) is 5.39. The van der Waals surface area contributed by atoms with Gasteiger partial charge in [-0.2, -0.15) is 0 Å². The monoisotopic (exact) mass is 312 g/mol. The van der Waals surface area contributed by atoms with Crippen LogP contribution in [0.4, 0.5) is 11.5 Å². The molecule has 0 aliphatic carbocycles. The smallest absolute Gasteiger partial charge is 0.317 e. The topological polar surface area (TPSA) is 71.3 Å². The lowest BCUT2D eigenvalue weighted by Gasteiger charge is -2.33. The molecule has 120 valence electrons. The Morgan fingerprint density at radius 1 is 1.26 bits per heavy atom. The lowest BCUT2D eigenvalue weighted by atomic mass is 9.82. The molecule has 4 rings (SSSR count). The van der Waals surface area contributed by atoms with E-state index in [4.69, 9.17) is 0 Å². The van der Waals surface area contributed by atoms with E-state index in [1.807, 2.05) is 24.3 Å². The number of hydrogen-bond acceptors (Lipinski definition) is 5. The average molecular weight is 312 g/mol. The van der Waals surface area contributed by atoms with Gasteiger partial charge in [0.25, 0.3) is 0 Å². The molecule has 2 saturated heterocycles. The maximum atomic E-state index is 11.9. The van der Waals surface area contributed by atoms with Gasteiger partial charge in [-0.1, -0.05) is 18.2 Å². The molecule has 1 aromatic heterocycles. The lowest BCUT2D eigenvalue weighted by Crippen LogP contribution is -2.36. The van der Waals surface area contributed by atoms with E-state index in [1.54, 1.807) is 7.05 Å². The summed E-state index contributed by atoms with van der Waals surface area (Å²) in [5, 5.41) is 15.8. The van der Waals surface area contributed by atoms with Gasteiger partial charge in [-0.15, -0.1) is 0 Å². The average Bonchev–Trinajstić information content (AvgIpc) is 3.13. The molecule has 0 radical (unpaired) electrons. The Kier molecular flexibility index (Phi) is 3.23. The number of rotatable bonds is 3. The van der Waals surface area contributed by atoms with Crippen molar-refractivity contribution in [1.82, 2.24) is 9.88 Å². The molecule has 2 aliphatic heterocycles. The number of nitrogens with zero attached hydrogens (tertiary/aromatic N) is 3. The molecule has 6 nitrogen and oxygen atoms in total. The summed E-state index contributed by atoms with van der Waals surface area (Å²) in [5.41, 5.74) is 1.65. The van der Waals surface area contributed by atoms with Crippen LogP contribution in [0.15, 0.2) is 24.3 Å². The summed E-state index contributed by atoms with van der Waals surface area (Å²) in [4.78, 5) is 18.6. The van der Waals surface area contributed by atoms with Crippen molar-refractivity contribution in [3.8, 4) is 0 Å². The van der Waals surface area contributed by atoms with E-state index in [9.17, 15) is 10.1 Å². The summed E-state index contributed by atoms with van der Waals surface area (Å²) < 4.78 is 0. The zero-order valence-corrected chi connectivity index (χ0v) is 13.2. The molecule has 0 unspecified atom stereocenters. The molecule has 0 amide bonds. The highest BCUT2D eigenvalue weighted by Gasteiger charge is 2.50. The zero-order chi connectivity index (χ0) is 16.0. The lowest BCUT2D eigenvalue weighted by molar-refractivity contribution is -0.385. The molecule has 0 saturated carbocycles. The minimum atomic E-state index is -0.260. The van der Waals surface area contributed by atoms with Gasteiger partial charge in [0.05, 0.1) is 21.5 Å². The summed E-state index contributed by atoms with van der Waals surface area (Å²) in [6.45, 7) is 2.06. The number of aromatic nitrogens is 1. The van der Waals surface area contributed by atoms with Crippen molar-refractivity contribution in [2.45, 2.75) is 31.2 Å². The molecule has 0 spiro atoms. The Labute approximate surface area is 134 Å². The minimum absolute atomic E-state index is 0.153. The Bertz CT molecular complexity index is 780. The van der Waals surface area contributed by atoms with Crippen molar-refractivity contribution >= 4 is 22.4 Å². The first-order valence-electron chi connectivity index (χ1n) is 8.18. The molecule has 2 aliphatic rings. The van der Waals surface area contributed by atoms with Gasteiger partial charge >= 0.3 is 5.69 Å². The van der Waals surface area contributed by atoms with Crippen molar-refractivity contribution in [2.24, 2.45) is 0 Å². The van der Waals surface area contributed by atoms with Gasteiger partial charge < -0.3 is 5.32 Å². The summed E-state index contributed by atoms with van der Waals surface area (Å²) in [7, 11) is 1.70. The predicted octanol–water partition coefficient (Wildman–Crippen LogP) is 3.27. The van der Waals surface area contributed by atoms with Gasteiger partial charge in [-0.05, 0) is 44.8 Å². The molecular formula is C17H20N4O2. The maximum Gasteiger partial charge on any atom is 0.317 e. The van der Waals surface area contributed by atoms with E-state index in [-0.39, 0.29) is 16.1 Å². The molecule has 0 bridgehead atoms. The van der Waals surface area contributed by atoms with Crippen LogP contribution in [0.5, 0.6) is 0 Å². The number of pyridine rings is 1. The Morgan fingerprint density at radius 3 is 2.61 bits per heavy atom. The first-order valence-corrected chi connectivity index (χ1v) is 8.18. The number of benzene rings is 1. The molecule has 2 fully saturated rings. The highest BCUT2D eigenvalue weighted by atomic mass is 16.6. The van der Waals surface area contributed by atoms with E-state index < -0.39 is 0 Å². The summed E-state index contributed by atoms with van der Waals surface area (Å²) in [6, 6.07) is 7.80. The first-order chi connectivity index (χ1) is 11.2. The number of fused-ring (bicyclic) bond motifs is 2. The number of nitrogens with one attached hydrogen (secondary N) is 1. The van der Waals surface area contributed by atoms with Crippen LogP contribution in [-0.2, 0) is 5.54 Å². The van der Waals surface area contributed by atoms with Crippen LogP contribution in [0, 0.1) is 10.1 Å². The Balaban J connectivity index is 2.11. The molecule has 1 N–H and O–H groups in total. The molecular weight excluding hydrogens is 292 g/mol. The minimum Gasteiger partial charge on any atom is -0.367 e. The van der Waals surface area contributed by atoms with Gasteiger partial charge in [-0.25, -0.2) is 4.98 Å². The van der Waals surface area contributed by atoms with E-state index in [0.717, 1.165) is 55.2 Å². The standard InChI is InChI=1S/C17H20N4O2/c1-18-16-15(21(22)23)14(12-6-2-3-7-13(12)19-16)17-8-4-10-20(17)11-5-9-17/h2-3,6-7H,4-5,8-11H2,1H3,(H,18,19). The normalized spacial score (nSPS) is 19.9. The highest BCUT2D eigenvalue weighted by Crippen LogP contribution is 2.52. The molecule has 2 aromatic rings. The summed E-state index contributed by atoms with van der Waals surface area (Å²) in [5.74, 6) is 0.372. The van der Waals surface area contributed by atoms with Crippen molar-refractivity contribution in [1.29, 1.82) is 0 Å². The fraction of sp³-hybridized carbons (Fsp3) is 0.471. The first kappa shape index (κ1) is 14.4. The molecule has 1 aromatic carbocycles. The quantitative estimate of drug-likeness (QED) is 0.695. The van der Waals surface area contributed by atoms with Crippen molar-refractivity contribution < 1.29 is 4.92 Å². The van der Waals surface area contributed by atoms with E-state index in [1.165, 1.54) is 0 Å². The summed E-state index contributed by atoms with van der Waals surface area (Å²) in [6.07, 6.45) is 4.18. The van der Waals surface area contributed by atoms with E-state index >= 15 is 0 Å². The zero-order valence-electron chi connectivity index (χ0n) is 13.2. The van der Waals surface area contributed by atoms with Crippen LogP contribution in [-0.4, -0.2) is 34.9 Å². The van der Waals surface area contributed by atoms with Crippen molar-refractivity contribution in [3.63, 3.8) is 0 Å². The van der Waals surface area contributed by atoms with Crippen molar-refractivity contribution in [2.75, 3.05) is 25.5 Å². The Morgan fingerprint density at radius 2 is 1.96 bits per heavy atom. The van der Waals surface area contributed by atoms with Crippen LogP contribution in [0.2, 0.25) is 0 Å². The number of para-hydroxylation sites is 1. The molecule has 23 heavy (non-hydrogen) atoms. The van der Waals surface area contributed by atoms with Crippen molar-refractivity contribution in [3.05, 3.63) is 39.9 Å². The van der Waals surface area contributed by atoms with Crippen LogP contribution in [0.3, 0.4) is 0 Å². The van der Waals surface area contributed by atoms with Gasteiger partial charge in [0.15, 0.2) is 0 Å². The SMILES string of the molecule is CNc1nc2ccccc2c(C23CCCN2CCC3)c1[N+](=O)[O-]. The number of hydrogen-bond donors (Lipinski definition) is 1. The van der Waals surface area contributed by atoms with Crippen LogP contribution in [0.25, 0.3) is 10.9 Å². The second-order valence-electron chi connectivity index (χ2n) is 6.43.